The van der Waals surface area contributed by atoms with Gasteiger partial charge in [0.25, 0.3) is 0 Å². The molecule has 0 radical (unpaired) electrons. The van der Waals surface area contributed by atoms with Crippen molar-refractivity contribution in [2.45, 2.75) is 17.0 Å². The molecule has 11 N–H and O–H groups in total. The van der Waals surface area contributed by atoms with Gasteiger partial charge in [-0.1, -0.05) is 18.2 Å². The van der Waals surface area contributed by atoms with E-state index in [0.717, 1.165) is 5.69 Å². The Bertz CT molecular complexity index is 584. The molecule has 0 fully saturated rings. The summed E-state index contributed by atoms with van der Waals surface area (Å²) in [6, 6.07) is 9.02. The molecule has 17 heteroatoms. The van der Waals surface area contributed by atoms with E-state index in [0.29, 0.717) is 0 Å². The number of para-hydroxylation sites is 1. The van der Waals surface area contributed by atoms with Crippen LogP contribution in [0, 0.1) is 0 Å². The van der Waals surface area contributed by atoms with Crippen LogP contribution >= 0.6 is 27.0 Å². The predicted molar refractivity (Wildman–Crippen MR) is 95.4 cm³/mol. The first-order valence-corrected chi connectivity index (χ1v) is 10.8. The van der Waals surface area contributed by atoms with Crippen molar-refractivity contribution in [1.29, 1.82) is 0 Å². The second-order valence-corrected chi connectivity index (χ2v) is 9.50. The van der Waals surface area contributed by atoms with E-state index in [1.807, 2.05) is 6.07 Å². The molecule has 0 aliphatic carbocycles. The molecule has 28 heavy (non-hydrogen) atoms. The monoisotopic (exact) mass is 484 g/mol. The zero-order chi connectivity index (χ0) is 17.7. The Morgan fingerprint density at radius 3 is 1.86 bits per heavy atom. The molecule has 3 unspecified atom stereocenters. The summed E-state index contributed by atoms with van der Waals surface area (Å²) in [5.41, 5.74) is 0.346. The average Bonchev–Trinajstić information content (AvgIpc) is 2.44. The smallest absolute Gasteiger partial charge is 0.776 e. The normalized spacial score (nSPS) is 17.1. The van der Waals surface area contributed by atoms with Gasteiger partial charge in [0.15, 0.2) is 20.3 Å². The van der Waals surface area contributed by atoms with Gasteiger partial charge < -0.3 is 55.6 Å². The topological polar surface area (TPSA) is 260 Å². The maximum absolute atomic E-state index is 11.1. The zero-order valence-electron chi connectivity index (χ0n) is 15.7. The van der Waals surface area contributed by atoms with Crippen LogP contribution in [0.3, 0.4) is 0 Å². The van der Waals surface area contributed by atoms with E-state index >= 15 is 0 Å². The second-order valence-electron chi connectivity index (χ2n) is 4.65. The number of aliphatic hydroxyl groups is 1. The zero-order valence-corrected chi connectivity index (χ0v) is 22.3. The number of benzene rings is 1. The molecule has 12 nitrogen and oxygen atoms in total. The Labute approximate surface area is 211 Å². The minimum absolute atomic E-state index is 0. The van der Waals surface area contributed by atoms with Crippen LogP contribution in [0.2, 0.25) is 0 Å². The summed E-state index contributed by atoms with van der Waals surface area (Å²) in [7, 11) is -11.5. The van der Waals surface area contributed by atoms with Crippen LogP contribution in [0.1, 0.15) is 6.42 Å². The molecule has 0 saturated heterocycles. The molecule has 0 aromatic heterocycles. The molecule has 156 valence electrons. The van der Waals surface area contributed by atoms with E-state index in [-0.39, 0.29) is 82.1 Å². The molecular weight excluding hydrogens is 460 g/mol. The quantitative estimate of drug-likeness (QED) is 0.125. The predicted octanol–water partition coefficient (Wildman–Crippen LogP) is -9.00. The standard InChI is InChI=1S/C11H20N2O7P2S.2Na.3H2O/c1-23-10(13-9-5-3-2-4-6-9)12-8-7-11(14,21(15,16)17)22(18,19)20;;;;;/h2-6,10,12-14H,7-8H2,1H3,(H2,15,16,17)(H2,18,19,20);;;3*1H2/q;2*+1;;;/p-2. The second kappa shape index (κ2) is 17.1. The third-order valence-corrected chi connectivity index (χ3v) is 7.53. The van der Waals surface area contributed by atoms with Gasteiger partial charge in [-0.2, -0.15) is 0 Å². The van der Waals surface area contributed by atoms with Crippen LogP contribution in [-0.4, -0.2) is 54.7 Å². The molecule has 0 bridgehead atoms. The van der Waals surface area contributed by atoms with E-state index in [1.165, 1.54) is 11.8 Å². The van der Waals surface area contributed by atoms with Gasteiger partial charge >= 0.3 is 59.1 Å². The molecule has 0 amide bonds. The fourth-order valence-corrected chi connectivity index (χ4v) is 4.30. The van der Waals surface area contributed by atoms with Gasteiger partial charge in [-0.15, -0.1) is 11.8 Å². The van der Waals surface area contributed by atoms with Crippen LogP contribution in [0.4, 0.5) is 5.69 Å². The third kappa shape index (κ3) is 11.8. The Hall–Kier alpha value is 1.47. The number of rotatable bonds is 9. The maximum Gasteiger partial charge on any atom is 1.00 e. The summed E-state index contributed by atoms with van der Waals surface area (Å²) in [6.45, 7) is -0.304. The Kier molecular flexibility index (Phi) is 24.3. The summed E-state index contributed by atoms with van der Waals surface area (Å²) in [6.07, 6.45) is 0.809. The summed E-state index contributed by atoms with van der Waals surface area (Å²) < 4.78 is 22.2. The molecule has 0 aliphatic rings. The Morgan fingerprint density at radius 1 is 1.07 bits per heavy atom. The summed E-state index contributed by atoms with van der Waals surface area (Å²) in [4.78, 5) is 40.0. The maximum atomic E-state index is 11.1. The van der Waals surface area contributed by atoms with Crippen LogP contribution in [0.5, 0.6) is 0 Å². The van der Waals surface area contributed by atoms with Gasteiger partial charge in [0.05, 0.1) is 0 Å². The molecule has 0 spiro atoms. The van der Waals surface area contributed by atoms with E-state index in [4.69, 9.17) is 9.79 Å². The first-order chi connectivity index (χ1) is 10.5. The fourth-order valence-electron chi connectivity index (χ4n) is 1.69. The first kappa shape index (κ1) is 39.9. The molecule has 1 aromatic carbocycles. The molecule has 0 saturated carbocycles. The molecule has 0 aliphatic heterocycles. The number of anilines is 1. The number of hydrogen-bond acceptors (Lipinski definition) is 8. The molecular formula is C11H24N2Na2O10P2S. The van der Waals surface area contributed by atoms with Gasteiger partial charge in [-0.05, 0) is 18.4 Å². The van der Waals surface area contributed by atoms with Crippen molar-refractivity contribution >= 4 is 32.6 Å². The van der Waals surface area contributed by atoms with Crippen molar-refractivity contribution in [1.82, 2.24) is 5.32 Å². The Balaban J connectivity index is -0.000000353. The average molecular weight is 484 g/mol. The Morgan fingerprint density at radius 2 is 1.50 bits per heavy atom. The van der Waals surface area contributed by atoms with Gasteiger partial charge in [0.1, 0.15) is 5.50 Å². The van der Waals surface area contributed by atoms with Gasteiger partial charge in [-0.3, -0.25) is 5.32 Å². The van der Waals surface area contributed by atoms with Crippen molar-refractivity contribution in [2.75, 3.05) is 18.1 Å². The number of hydrogen-bond donors (Lipinski definition) is 5. The van der Waals surface area contributed by atoms with E-state index in [9.17, 15) is 24.0 Å². The van der Waals surface area contributed by atoms with Crippen LogP contribution in [0.25, 0.3) is 0 Å². The van der Waals surface area contributed by atoms with Crippen molar-refractivity contribution in [3.05, 3.63) is 30.3 Å². The van der Waals surface area contributed by atoms with Gasteiger partial charge in [0, 0.05) is 18.7 Å². The van der Waals surface area contributed by atoms with Gasteiger partial charge in [0.2, 0.25) is 0 Å². The molecule has 3 atom stereocenters. The molecule has 0 heterocycles. The van der Waals surface area contributed by atoms with Crippen molar-refractivity contribution in [3.63, 3.8) is 0 Å². The van der Waals surface area contributed by atoms with Crippen LogP contribution in [-0.2, 0) is 9.13 Å². The molecule has 1 aromatic rings. The summed E-state index contributed by atoms with van der Waals surface area (Å²) in [5.74, 6) is 0. The van der Waals surface area contributed by atoms with E-state index < -0.39 is 32.2 Å². The van der Waals surface area contributed by atoms with Crippen LogP contribution < -0.4 is 79.5 Å². The van der Waals surface area contributed by atoms with Crippen molar-refractivity contribution in [3.8, 4) is 0 Å². The van der Waals surface area contributed by atoms with Crippen LogP contribution in [0.15, 0.2) is 30.3 Å². The largest absolute Gasteiger partial charge is 1.00 e. The number of thioether (sulfide) groups is 1. The third-order valence-electron chi connectivity index (χ3n) is 3.00. The fraction of sp³-hybridized carbons (Fsp3) is 0.455. The van der Waals surface area contributed by atoms with Gasteiger partial charge in [-0.25, -0.2) is 0 Å². The number of nitrogens with one attached hydrogen (secondary N) is 2. The molecule has 1 rings (SSSR count). The van der Waals surface area contributed by atoms with Crippen molar-refractivity contribution in [2.24, 2.45) is 0 Å². The van der Waals surface area contributed by atoms with E-state index in [2.05, 4.69) is 10.6 Å². The minimum Gasteiger partial charge on any atom is -0.776 e. The summed E-state index contributed by atoms with van der Waals surface area (Å²) >= 11 is 1.31. The first-order valence-electron chi connectivity index (χ1n) is 6.39. The minimum atomic E-state index is -5.73. The summed E-state index contributed by atoms with van der Waals surface area (Å²) in [5, 5.41) is 11.8. The SMILES string of the molecule is CSC(NCCC(O)(P(=O)([O-])O)P(=O)([O-])O)Nc1ccccc1.O.O.O.[Na+].[Na+]. The van der Waals surface area contributed by atoms with Crippen molar-refractivity contribution < 1.29 is 109 Å². The van der Waals surface area contributed by atoms with E-state index in [1.54, 1.807) is 30.5 Å².